The van der Waals surface area contributed by atoms with Crippen LogP contribution >= 0.6 is 38.5 Å². The Labute approximate surface area is 246 Å². The summed E-state index contributed by atoms with van der Waals surface area (Å²) in [6.45, 7) is 1.61. The van der Waals surface area contributed by atoms with Crippen LogP contribution in [0.15, 0.2) is 75.3 Å². The van der Waals surface area contributed by atoms with Crippen molar-refractivity contribution in [2.75, 3.05) is 12.0 Å². The van der Waals surface area contributed by atoms with Gasteiger partial charge < -0.3 is 9.84 Å². The third kappa shape index (κ3) is 3.96. The molecule has 0 spiro atoms. The number of imide groups is 1. The first-order chi connectivity index (χ1) is 18.6. The van der Waals surface area contributed by atoms with E-state index in [2.05, 4.69) is 38.5 Å². The molecule has 0 unspecified atom stereocenters. The van der Waals surface area contributed by atoms with E-state index in [1.54, 1.807) is 31.2 Å². The zero-order valence-corrected chi connectivity index (χ0v) is 24.8. The van der Waals surface area contributed by atoms with Gasteiger partial charge in [-0.05, 0) is 90.7 Å². The number of Topliss-reactive ketones (excluding diaryl/α,β-unsaturated/α-hetero) is 1. The Kier molecular flexibility index (Phi) is 6.41. The van der Waals surface area contributed by atoms with E-state index >= 15 is 0 Å². The number of halogens is 2. The van der Waals surface area contributed by atoms with Gasteiger partial charge in [-0.25, -0.2) is 0 Å². The summed E-state index contributed by atoms with van der Waals surface area (Å²) in [5.41, 5.74) is 2.69. The van der Waals surface area contributed by atoms with Crippen molar-refractivity contribution < 1.29 is 29.0 Å². The van der Waals surface area contributed by atoms with E-state index in [1.807, 2.05) is 18.2 Å². The molecule has 0 aromatic heterocycles. The van der Waals surface area contributed by atoms with E-state index in [1.165, 1.54) is 18.1 Å². The number of rotatable bonds is 3. The van der Waals surface area contributed by atoms with Crippen molar-refractivity contribution in [1.82, 2.24) is 0 Å². The molecule has 198 valence electrons. The van der Waals surface area contributed by atoms with Gasteiger partial charge >= 0.3 is 0 Å². The Morgan fingerprint density at radius 3 is 2.46 bits per heavy atom. The van der Waals surface area contributed by atoms with Gasteiger partial charge in [-0.3, -0.25) is 24.1 Å². The van der Waals surface area contributed by atoms with Crippen molar-refractivity contribution in [3.8, 4) is 11.5 Å². The smallest absolute Gasteiger partial charge is 0.238 e. The van der Waals surface area contributed by atoms with E-state index in [-0.39, 0.29) is 41.3 Å². The number of nitrogens with zero attached hydrogens (tertiary/aromatic N) is 1. The summed E-state index contributed by atoms with van der Waals surface area (Å²) in [4.78, 5) is 55.6. The number of allylic oxidation sites excluding steroid dienone is 6. The fraction of sp³-hybridized carbons (Fsp3) is 0.267. The number of carbonyl (C=O) groups excluding carboxylic acids is 4. The zero-order chi connectivity index (χ0) is 27.7. The average Bonchev–Trinajstić information content (AvgIpc) is 3.17. The topological polar surface area (TPSA) is 101 Å². The highest BCUT2D eigenvalue weighted by atomic mass is 127. The van der Waals surface area contributed by atoms with Crippen LogP contribution in [0.3, 0.4) is 0 Å². The van der Waals surface area contributed by atoms with Gasteiger partial charge in [0.05, 0.1) is 24.6 Å². The maximum atomic E-state index is 13.9. The molecule has 1 heterocycles. The second kappa shape index (κ2) is 9.55. The number of methoxy groups -OCH3 is 1. The lowest BCUT2D eigenvalue weighted by molar-refractivity contribution is -0.123. The highest BCUT2D eigenvalue weighted by Gasteiger charge is 2.56. The number of phenols is 1. The predicted molar refractivity (Wildman–Crippen MR) is 155 cm³/mol. The van der Waals surface area contributed by atoms with Crippen LogP contribution in [-0.2, 0) is 19.2 Å². The van der Waals surface area contributed by atoms with Crippen LogP contribution in [0.5, 0.6) is 11.5 Å². The summed E-state index contributed by atoms with van der Waals surface area (Å²) in [6.07, 6.45) is 3.78. The predicted octanol–water partition coefficient (Wildman–Crippen LogP) is 5.40. The first-order valence-corrected chi connectivity index (χ1v) is 14.4. The van der Waals surface area contributed by atoms with Crippen molar-refractivity contribution >= 4 is 67.6 Å². The molecule has 1 N–H and O–H groups in total. The van der Waals surface area contributed by atoms with E-state index in [0.29, 0.717) is 38.9 Å². The molecule has 6 rings (SSSR count). The molecular formula is C30H23BrINO6. The third-order valence-electron chi connectivity index (χ3n) is 8.25. The Bertz CT molecular complexity index is 1590. The minimum absolute atomic E-state index is 0.137. The highest BCUT2D eigenvalue weighted by Crippen LogP contribution is 2.57. The number of benzene rings is 2. The molecule has 1 aliphatic heterocycles. The van der Waals surface area contributed by atoms with Crippen LogP contribution < -0.4 is 9.64 Å². The standard InChI is InChI=1S/C30H23BrINO6/c1-13-9-22(34)26-21(27(13)35)12-19-17(24(26)20-10-14(31)11-23(39-2)28(20)36)7-8-18-25(19)30(38)33(29(18)37)16-5-3-15(32)4-6-16/h3-7,9-11,18-19,24-25,36H,8,12H2,1-2H3/t18-,19+,24+,25-/m0/s1. The molecule has 3 aliphatic carbocycles. The second-order valence-corrected chi connectivity index (χ2v) is 12.4. The maximum absolute atomic E-state index is 13.9. The largest absolute Gasteiger partial charge is 0.504 e. The van der Waals surface area contributed by atoms with Crippen molar-refractivity contribution in [1.29, 1.82) is 0 Å². The molecule has 0 radical (unpaired) electrons. The molecule has 2 aromatic rings. The number of anilines is 1. The molecule has 4 aliphatic rings. The second-order valence-electron chi connectivity index (χ2n) is 10.3. The fourth-order valence-electron chi connectivity index (χ4n) is 6.55. The van der Waals surface area contributed by atoms with Gasteiger partial charge in [0, 0.05) is 36.2 Å². The summed E-state index contributed by atoms with van der Waals surface area (Å²) in [5, 5.41) is 11.2. The van der Waals surface area contributed by atoms with Crippen LogP contribution in [0.1, 0.15) is 31.2 Å². The number of ether oxygens (including phenoxy) is 1. The number of hydrogen-bond acceptors (Lipinski definition) is 6. The van der Waals surface area contributed by atoms with Gasteiger partial charge in [-0.15, -0.1) is 0 Å². The van der Waals surface area contributed by atoms with Crippen molar-refractivity contribution in [2.45, 2.75) is 25.7 Å². The van der Waals surface area contributed by atoms with E-state index < -0.39 is 23.7 Å². The first kappa shape index (κ1) is 26.2. The highest BCUT2D eigenvalue weighted by molar-refractivity contribution is 14.1. The zero-order valence-electron chi connectivity index (χ0n) is 21.0. The minimum atomic E-state index is -0.762. The quantitative estimate of drug-likeness (QED) is 0.199. The van der Waals surface area contributed by atoms with Crippen LogP contribution in [0.2, 0.25) is 0 Å². The van der Waals surface area contributed by atoms with Gasteiger partial charge in [-0.1, -0.05) is 27.6 Å². The van der Waals surface area contributed by atoms with Crippen LogP contribution in [0.4, 0.5) is 5.69 Å². The number of amides is 2. The van der Waals surface area contributed by atoms with Gasteiger partial charge in [0.25, 0.3) is 0 Å². The van der Waals surface area contributed by atoms with Crippen LogP contribution in [0.25, 0.3) is 0 Å². The molecule has 4 atom stereocenters. The fourth-order valence-corrected chi connectivity index (χ4v) is 7.37. The maximum Gasteiger partial charge on any atom is 0.238 e. The summed E-state index contributed by atoms with van der Waals surface area (Å²) < 4.78 is 7.00. The normalized spacial score (nSPS) is 26.2. The van der Waals surface area contributed by atoms with E-state index in [4.69, 9.17) is 4.74 Å². The van der Waals surface area contributed by atoms with E-state index in [9.17, 15) is 24.3 Å². The van der Waals surface area contributed by atoms with Crippen LogP contribution in [0, 0.1) is 21.3 Å². The minimum Gasteiger partial charge on any atom is -0.504 e. The van der Waals surface area contributed by atoms with Gasteiger partial charge in [0.2, 0.25) is 11.8 Å². The van der Waals surface area contributed by atoms with Gasteiger partial charge in [-0.2, -0.15) is 0 Å². The Morgan fingerprint density at radius 1 is 1.05 bits per heavy atom. The molecule has 0 saturated carbocycles. The molecule has 9 heteroatoms. The number of carbonyl (C=O) groups is 4. The average molecular weight is 700 g/mol. The Balaban J connectivity index is 1.52. The molecule has 7 nitrogen and oxygen atoms in total. The number of aromatic hydroxyl groups is 1. The number of ketones is 2. The molecular weight excluding hydrogens is 677 g/mol. The summed E-state index contributed by atoms with van der Waals surface area (Å²) in [6, 6.07) is 10.6. The van der Waals surface area contributed by atoms with Crippen molar-refractivity contribution in [2.24, 2.45) is 17.8 Å². The monoisotopic (exact) mass is 699 g/mol. The third-order valence-corrected chi connectivity index (χ3v) is 9.42. The lowest BCUT2D eigenvalue weighted by Crippen LogP contribution is -2.39. The Hall–Kier alpha value is -3.05. The molecule has 1 saturated heterocycles. The lowest BCUT2D eigenvalue weighted by Gasteiger charge is -2.42. The summed E-state index contributed by atoms with van der Waals surface area (Å²) in [5.74, 6) is -3.51. The number of phenolic OH excluding ortho intramolecular Hbond substituents is 1. The van der Waals surface area contributed by atoms with Gasteiger partial charge in [0.15, 0.2) is 23.1 Å². The van der Waals surface area contributed by atoms with Crippen molar-refractivity contribution in [3.63, 3.8) is 0 Å². The molecule has 0 bridgehead atoms. The Morgan fingerprint density at radius 2 is 1.77 bits per heavy atom. The SMILES string of the molecule is COc1cc(Br)cc([C@H]2C3=CC[C@@H]4C(=O)N(c5ccc(I)cc5)C(=O)[C@@H]4[C@@H]3CC3=C2C(=O)C=C(C)C3=O)c1O. The van der Waals surface area contributed by atoms with Crippen molar-refractivity contribution in [3.05, 3.63) is 84.4 Å². The molecule has 2 amide bonds. The number of fused-ring (bicyclic) bond motifs is 3. The summed E-state index contributed by atoms with van der Waals surface area (Å²) >= 11 is 5.64. The summed E-state index contributed by atoms with van der Waals surface area (Å²) in [7, 11) is 1.44. The molecule has 1 fully saturated rings. The first-order valence-electron chi connectivity index (χ1n) is 12.5. The number of hydrogen-bond donors (Lipinski definition) is 1. The molecule has 39 heavy (non-hydrogen) atoms. The molecule has 2 aromatic carbocycles. The lowest BCUT2D eigenvalue weighted by atomic mass is 9.59. The van der Waals surface area contributed by atoms with E-state index in [0.717, 1.165) is 9.14 Å². The van der Waals surface area contributed by atoms with Gasteiger partial charge in [0.1, 0.15) is 0 Å². The van der Waals surface area contributed by atoms with Crippen LogP contribution in [-0.4, -0.2) is 35.6 Å².